The Balaban J connectivity index is 2.07. The van der Waals surface area contributed by atoms with Gasteiger partial charge in [0.2, 0.25) is 0 Å². The van der Waals surface area contributed by atoms with Gasteiger partial charge in [-0.2, -0.15) is 5.26 Å². The largest absolute Gasteiger partial charge is 0.376 e. The zero-order chi connectivity index (χ0) is 13.7. The third-order valence-electron chi connectivity index (χ3n) is 3.35. The fourth-order valence-electron chi connectivity index (χ4n) is 2.41. The lowest BCUT2D eigenvalue weighted by Crippen LogP contribution is -2.40. The van der Waals surface area contributed by atoms with E-state index < -0.39 is 0 Å². The fraction of sp³-hybridized carbons (Fsp3) is 0.533. The van der Waals surface area contributed by atoms with Gasteiger partial charge in [-0.05, 0) is 53.4 Å². The maximum absolute atomic E-state index is 8.90. The number of hydrogen-bond acceptors (Lipinski definition) is 3. The van der Waals surface area contributed by atoms with Crippen molar-refractivity contribution in [1.29, 1.82) is 5.26 Å². The van der Waals surface area contributed by atoms with Crippen molar-refractivity contribution in [2.24, 2.45) is 0 Å². The molecule has 1 saturated heterocycles. The van der Waals surface area contributed by atoms with Crippen molar-refractivity contribution < 1.29 is 4.74 Å². The van der Waals surface area contributed by atoms with Crippen LogP contribution in [0.2, 0.25) is 0 Å². The van der Waals surface area contributed by atoms with Crippen molar-refractivity contribution in [3.63, 3.8) is 0 Å². The Hall–Kier alpha value is -1.05. The van der Waals surface area contributed by atoms with Crippen molar-refractivity contribution >= 4 is 21.6 Å². The van der Waals surface area contributed by atoms with Crippen molar-refractivity contribution in [2.45, 2.75) is 32.3 Å². The van der Waals surface area contributed by atoms with E-state index in [2.05, 4.69) is 33.8 Å². The topological polar surface area (TPSA) is 36.3 Å². The molecule has 0 radical (unpaired) electrons. The molecule has 1 aromatic carbocycles. The molecule has 0 amide bonds. The minimum Gasteiger partial charge on any atom is -0.376 e. The molecule has 3 nitrogen and oxygen atoms in total. The van der Waals surface area contributed by atoms with Crippen LogP contribution in [0.4, 0.5) is 5.69 Å². The second-order valence-electron chi connectivity index (χ2n) is 4.86. The average Bonchev–Trinajstić information content (AvgIpc) is 2.45. The summed E-state index contributed by atoms with van der Waals surface area (Å²) >= 11 is 3.56. The minimum atomic E-state index is 0.330. The summed E-state index contributed by atoms with van der Waals surface area (Å²) in [6, 6.07) is 7.93. The SMILES string of the molecule is CCCOC1CCCN(c2ccc(C#N)cc2Br)C1. The number of piperidine rings is 1. The number of hydrogen-bond donors (Lipinski definition) is 0. The standard InChI is InChI=1S/C15H19BrN2O/c1-2-8-19-13-4-3-7-18(11-13)15-6-5-12(10-17)9-14(15)16/h5-6,9,13H,2-4,7-8,11H2,1H3. The van der Waals surface area contributed by atoms with E-state index in [0.717, 1.165) is 49.1 Å². The maximum Gasteiger partial charge on any atom is 0.0992 e. The van der Waals surface area contributed by atoms with E-state index in [0.29, 0.717) is 11.7 Å². The Morgan fingerprint density at radius 2 is 2.37 bits per heavy atom. The van der Waals surface area contributed by atoms with Crippen LogP contribution < -0.4 is 4.90 Å². The van der Waals surface area contributed by atoms with Crippen LogP contribution in [0.25, 0.3) is 0 Å². The number of halogens is 1. The van der Waals surface area contributed by atoms with E-state index in [4.69, 9.17) is 10.00 Å². The predicted molar refractivity (Wildman–Crippen MR) is 80.3 cm³/mol. The van der Waals surface area contributed by atoms with Gasteiger partial charge in [0.05, 0.1) is 23.4 Å². The second kappa shape index (κ2) is 6.93. The highest BCUT2D eigenvalue weighted by Gasteiger charge is 2.21. The van der Waals surface area contributed by atoms with Crippen LogP contribution in [0.15, 0.2) is 22.7 Å². The van der Waals surface area contributed by atoms with Gasteiger partial charge < -0.3 is 9.64 Å². The van der Waals surface area contributed by atoms with Gasteiger partial charge in [-0.1, -0.05) is 6.92 Å². The molecule has 0 spiro atoms. The zero-order valence-corrected chi connectivity index (χ0v) is 12.8. The van der Waals surface area contributed by atoms with Gasteiger partial charge in [0.15, 0.2) is 0 Å². The summed E-state index contributed by atoms with van der Waals surface area (Å²) in [7, 11) is 0. The molecule has 1 atom stereocenters. The monoisotopic (exact) mass is 322 g/mol. The van der Waals surface area contributed by atoms with Gasteiger partial charge in [0, 0.05) is 24.2 Å². The lowest BCUT2D eigenvalue weighted by atomic mass is 10.1. The van der Waals surface area contributed by atoms with Crippen LogP contribution >= 0.6 is 15.9 Å². The first-order chi connectivity index (χ1) is 9.24. The number of anilines is 1. The van der Waals surface area contributed by atoms with Gasteiger partial charge in [0.1, 0.15) is 0 Å². The Morgan fingerprint density at radius 1 is 1.53 bits per heavy atom. The van der Waals surface area contributed by atoms with Crippen molar-refractivity contribution in [1.82, 2.24) is 0 Å². The normalized spacial score (nSPS) is 19.2. The molecule has 0 aliphatic carbocycles. The maximum atomic E-state index is 8.90. The molecule has 1 unspecified atom stereocenters. The summed E-state index contributed by atoms with van der Waals surface area (Å²) in [6.45, 7) is 4.96. The molecule has 4 heteroatoms. The summed E-state index contributed by atoms with van der Waals surface area (Å²) in [5.41, 5.74) is 1.84. The summed E-state index contributed by atoms with van der Waals surface area (Å²) in [5.74, 6) is 0. The van der Waals surface area contributed by atoms with Crippen LogP contribution in [-0.4, -0.2) is 25.8 Å². The average molecular weight is 323 g/mol. The highest BCUT2D eigenvalue weighted by atomic mass is 79.9. The number of ether oxygens (including phenoxy) is 1. The Labute approximate surface area is 123 Å². The first-order valence-electron chi connectivity index (χ1n) is 6.80. The van der Waals surface area contributed by atoms with E-state index in [1.807, 2.05) is 18.2 Å². The fourth-order valence-corrected chi connectivity index (χ4v) is 3.04. The van der Waals surface area contributed by atoms with Crippen molar-refractivity contribution in [2.75, 3.05) is 24.6 Å². The highest BCUT2D eigenvalue weighted by Crippen LogP contribution is 2.30. The molecule has 0 bridgehead atoms. The van der Waals surface area contributed by atoms with Gasteiger partial charge in [-0.3, -0.25) is 0 Å². The molecule has 1 aliphatic rings. The number of nitriles is 1. The Bertz CT molecular complexity index is 470. The Morgan fingerprint density at radius 3 is 3.05 bits per heavy atom. The molecule has 0 saturated carbocycles. The van der Waals surface area contributed by atoms with E-state index in [9.17, 15) is 0 Å². The third kappa shape index (κ3) is 3.71. The number of nitrogens with zero attached hydrogens (tertiary/aromatic N) is 2. The predicted octanol–water partition coefficient (Wildman–Crippen LogP) is 3.72. The lowest BCUT2D eigenvalue weighted by molar-refractivity contribution is 0.0440. The molecule has 102 valence electrons. The number of rotatable bonds is 4. The van der Waals surface area contributed by atoms with Crippen LogP contribution in [0.1, 0.15) is 31.7 Å². The van der Waals surface area contributed by atoms with E-state index in [1.165, 1.54) is 0 Å². The smallest absolute Gasteiger partial charge is 0.0992 e. The van der Waals surface area contributed by atoms with Gasteiger partial charge >= 0.3 is 0 Å². The van der Waals surface area contributed by atoms with Crippen molar-refractivity contribution in [3.05, 3.63) is 28.2 Å². The van der Waals surface area contributed by atoms with Gasteiger partial charge in [-0.25, -0.2) is 0 Å². The minimum absolute atomic E-state index is 0.330. The van der Waals surface area contributed by atoms with E-state index in [1.54, 1.807) is 0 Å². The van der Waals surface area contributed by atoms with Crippen LogP contribution in [0.5, 0.6) is 0 Å². The second-order valence-corrected chi connectivity index (χ2v) is 5.71. The first kappa shape index (κ1) is 14.4. The molecular formula is C15H19BrN2O. The molecule has 2 rings (SSSR count). The Kier molecular flexibility index (Phi) is 5.24. The molecule has 0 aromatic heterocycles. The third-order valence-corrected chi connectivity index (χ3v) is 3.99. The summed E-state index contributed by atoms with van der Waals surface area (Å²) < 4.78 is 6.85. The van der Waals surface area contributed by atoms with Crippen LogP contribution in [-0.2, 0) is 4.74 Å². The molecule has 1 aromatic rings. The van der Waals surface area contributed by atoms with Crippen molar-refractivity contribution in [3.8, 4) is 6.07 Å². The quantitative estimate of drug-likeness (QED) is 0.847. The molecule has 1 aliphatic heterocycles. The van der Waals surface area contributed by atoms with Crippen LogP contribution in [0, 0.1) is 11.3 Å². The van der Waals surface area contributed by atoms with Crippen LogP contribution in [0.3, 0.4) is 0 Å². The van der Waals surface area contributed by atoms with Gasteiger partial charge in [0.25, 0.3) is 0 Å². The summed E-state index contributed by atoms with van der Waals surface area (Å²) in [4.78, 5) is 2.34. The summed E-state index contributed by atoms with van der Waals surface area (Å²) in [5, 5.41) is 8.90. The van der Waals surface area contributed by atoms with Gasteiger partial charge in [-0.15, -0.1) is 0 Å². The molecule has 0 N–H and O–H groups in total. The first-order valence-corrected chi connectivity index (χ1v) is 7.60. The zero-order valence-electron chi connectivity index (χ0n) is 11.2. The number of benzene rings is 1. The molecule has 1 fully saturated rings. The molecular weight excluding hydrogens is 304 g/mol. The lowest BCUT2D eigenvalue weighted by Gasteiger charge is -2.34. The van der Waals surface area contributed by atoms with E-state index in [-0.39, 0.29) is 0 Å². The van der Waals surface area contributed by atoms with E-state index >= 15 is 0 Å². The summed E-state index contributed by atoms with van der Waals surface area (Å²) in [6.07, 6.45) is 3.69. The molecule has 1 heterocycles. The highest BCUT2D eigenvalue weighted by molar-refractivity contribution is 9.10. The molecule has 19 heavy (non-hydrogen) atoms.